The summed E-state index contributed by atoms with van der Waals surface area (Å²) in [5.74, 6) is -0.0685. The molecule has 5 saturated carbocycles. The summed E-state index contributed by atoms with van der Waals surface area (Å²) in [7, 11) is 0. The van der Waals surface area contributed by atoms with Crippen molar-refractivity contribution < 1.29 is 24.2 Å². The number of aliphatic hydroxyl groups is 1. The van der Waals surface area contributed by atoms with Crippen molar-refractivity contribution in [3.8, 4) is 0 Å². The molecule has 0 heterocycles. The molecule has 166 valence electrons. The van der Waals surface area contributed by atoms with Crippen LogP contribution in [0.25, 0.3) is 0 Å². The van der Waals surface area contributed by atoms with E-state index >= 15 is 0 Å². The maximum absolute atomic E-state index is 12.5. The summed E-state index contributed by atoms with van der Waals surface area (Å²) >= 11 is 0. The van der Waals surface area contributed by atoms with Crippen LogP contribution in [0.1, 0.15) is 68.1 Å². The van der Waals surface area contributed by atoms with Crippen molar-refractivity contribution in [2.75, 3.05) is 11.9 Å². The molecular weight excluding hydrogens is 396 g/mol. The summed E-state index contributed by atoms with van der Waals surface area (Å²) < 4.78 is 5.29. The van der Waals surface area contributed by atoms with E-state index in [0.717, 1.165) is 44.9 Å². The Morgan fingerprint density at radius 3 is 2.45 bits per heavy atom. The van der Waals surface area contributed by atoms with Gasteiger partial charge in [-0.05, 0) is 80.8 Å². The predicted molar refractivity (Wildman–Crippen MR) is 113 cm³/mol. The Morgan fingerprint density at radius 2 is 1.77 bits per heavy atom. The molecule has 7 heteroatoms. The number of esters is 1. The van der Waals surface area contributed by atoms with Gasteiger partial charge in [-0.3, -0.25) is 14.4 Å². The molecule has 7 nitrogen and oxygen atoms in total. The van der Waals surface area contributed by atoms with Gasteiger partial charge in [0.15, 0.2) is 6.61 Å². The second kappa shape index (κ2) is 7.62. The Hall–Kier alpha value is -2.41. The Labute approximate surface area is 181 Å². The van der Waals surface area contributed by atoms with Crippen molar-refractivity contribution in [1.82, 2.24) is 5.32 Å². The van der Waals surface area contributed by atoms with E-state index < -0.39 is 11.5 Å². The van der Waals surface area contributed by atoms with Crippen LogP contribution in [0, 0.1) is 17.3 Å². The highest BCUT2D eigenvalue weighted by Crippen LogP contribution is 2.62. The fraction of sp³-hybridized carbons (Fsp3) is 0.625. The molecule has 0 radical (unpaired) electrons. The number of amides is 2. The van der Waals surface area contributed by atoms with Gasteiger partial charge in [0.25, 0.3) is 11.8 Å². The minimum Gasteiger partial charge on any atom is -0.456 e. The molecule has 3 N–H and O–H groups in total. The predicted octanol–water partition coefficient (Wildman–Crippen LogP) is 2.78. The van der Waals surface area contributed by atoms with Crippen LogP contribution in [0.2, 0.25) is 0 Å². The summed E-state index contributed by atoms with van der Waals surface area (Å²) in [4.78, 5) is 37.3. The molecule has 0 saturated heterocycles. The van der Waals surface area contributed by atoms with E-state index in [9.17, 15) is 19.5 Å². The van der Waals surface area contributed by atoms with Gasteiger partial charge in [0, 0.05) is 6.04 Å². The summed E-state index contributed by atoms with van der Waals surface area (Å²) in [6, 6.07) is 7.04. The van der Waals surface area contributed by atoms with Crippen LogP contribution in [0.3, 0.4) is 0 Å². The van der Waals surface area contributed by atoms with Gasteiger partial charge in [-0.2, -0.15) is 0 Å². The molecule has 0 aliphatic heterocycles. The van der Waals surface area contributed by atoms with Gasteiger partial charge in [-0.15, -0.1) is 0 Å². The zero-order chi connectivity index (χ0) is 21.6. The number of hydrogen-bond donors (Lipinski definition) is 3. The Morgan fingerprint density at radius 1 is 1.06 bits per heavy atom. The number of benzene rings is 1. The lowest BCUT2D eigenvalue weighted by Crippen LogP contribution is -2.56. The lowest BCUT2D eigenvalue weighted by molar-refractivity contribution is -0.177. The van der Waals surface area contributed by atoms with Crippen molar-refractivity contribution in [3.63, 3.8) is 0 Å². The lowest BCUT2D eigenvalue weighted by atomic mass is 9.47. The molecule has 2 amide bonds. The molecule has 4 atom stereocenters. The molecule has 5 fully saturated rings. The van der Waals surface area contributed by atoms with Gasteiger partial charge in [0.05, 0.1) is 23.3 Å². The SMILES string of the molecule is O=C(COC(=O)CC12C[C@@H]3C[C@@H](CC(O)(C3)C1)C2)Nc1ccccc1C(=O)NC1CC1. The first-order chi connectivity index (χ1) is 14.8. The molecule has 31 heavy (non-hydrogen) atoms. The van der Waals surface area contributed by atoms with Crippen molar-refractivity contribution in [2.24, 2.45) is 17.3 Å². The number of ether oxygens (including phenoxy) is 1. The van der Waals surface area contributed by atoms with Gasteiger partial charge >= 0.3 is 5.97 Å². The molecule has 2 unspecified atom stereocenters. The van der Waals surface area contributed by atoms with Crippen molar-refractivity contribution in [1.29, 1.82) is 0 Å². The number of para-hydroxylation sites is 1. The summed E-state index contributed by atoms with van der Waals surface area (Å²) in [6.45, 7) is -0.384. The third-order valence-electron chi connectivity index (χ3n) is 7.39. The van der Waals surface area contributed by atoms with Crippen LogP contribution < -0.4 is 10.6 Å². The van der Waals surface area contributed by atoms with Crippen molar-refractivity contribution in [2.45, 2.75) is 69.4 Å². The normalized spacial score (nSPS) is 33.1. The van der Waals surface area contributed by atoms with Crippen LogP contribution in [-0.2, 0) is 14.3 Å². The molecule has 5 aliphatic carbocycles. The lowest BCUT2D eigenvalue weighted by Gasteiger charge is -2.60. The number of hydrogen-bond acceptors (Lipinski definition) is 5. The van der Waals surface area contributed by atoms with Crippen molar-refractivity contribution in [3.05, 3.63) is 29.8 Å². The summed E-state index contributed by atoms with van der Waals surface area (Å²) in [6.07, 6.45) is 7.70. The number of rotatable bonds is 7. The van der Waals surface area contributed by atoms with Crippen LogP contribution in [-0.4, -0.2) is 41.1 Å². The maximum atomic E-state index is 12.5. The van der Waals surface area contributed by atoms with Crippen LogP contribution in [0.15, 0.2) is 24.3 Å². The van der Waals surface area contributed by atoms with E-state index in [0.29, 0.717) is 29.5 Å². The molecule has 4 bridgehead atoms. The van der Waals surface area contributed by atoms with E-state index in [4.69, 9.17) is 4.74 Å². The molecule has 6 rings (SSSR count). The molecule has 5 aliphatic rings. The zero-order valence-electron chi connectivity index (χ0n) is 17.7. The molecule has 0 aromatic heterocycles. The second-order valence-corrected chi connectivity index (χ2v) is 10.4. The van der Waals surface area contributed by atoms with E-state index in [-0.39, 0.29) is 36.4 Å². The highest BCUT2D eigenvalue weighted by atomic mass is 16.5. The minimum absolute atomic E-state index is 0.181. The van der Waals surface area contributed by atoms with Gasteiger partial charge in [-0.1, -0.05) is 12.1 Å². The number of carbonyl (C=O) groups excluding carboxylic acids is 3. The van der Waals surface area contributed by atoms with Gasteiger partial charge in [0.1, 0.15) is 0 Å². The maximum Gasteiger partial charge on any atom is 0.306 e. The molecule has 1 aromatic rings. The Balaban J connectivity index is 1.15. The van der Waals surface area contributed by atoms with E-state index in [1.165, 1.54) is 0 Å². The van der Waals surface area contributed by atoms with E-state index in [1.54, 1.807) is 24.3 Å². The molecular formula is C24H30N2O5. The topological polar surface area (TPSA) is 105 Å². The summed E-state index contributed by atoms with van der Waals surface area (Å²) in [5, 5.41) is 16.4. The smallest absolute Gasteiger partial charge is 0.306 e. The highest BCUT2D eigenvalue weighted by molar-refractivity contribution is 6.04. The average Bonchev–Trinajstić information content (AvgIpc) is 3.48. The average molecular weight is 427 g/mol. The standard InChI is InChI=1S/C24H30N2O5/c27-20(26-19-4-2-1-3-18(19)22(29)25-17-5-6-17)13-31-21(28)12-23-8-15-7-16(9-23)11-24(30,10-15)14-23/h1-4,15-17,30H,5-14H2,(H,25,29)(H,26,27)/t15-,16+,23?,24?. The van der Waals surface area contributed by atoms with Gasteiger partial charge in [-0.25, -0.2) is 0 Å². The molecule has 1 aromatic carbocycles. The summed E-state index contributed by atoms with van der Waals surface area (Å²) in [5.41, 5.74) is 0.00716. The zero-order valence-corrected chi connectivity index (χ0v) is 17.7. The largest absolute Gasteiger partial charge is 0.456 e. The van der Waals surface area contributed by atoms with Crippen LogP contribution >= 0.6 is 0 Å². The van der Waals surface area contributed by atoms with Gasteiger partial charge in [0.2, 0.25) is 0 Å². The number of anilines is 1. The Kier molecular flexibility index (Phi) is 5.04. The fourth-order valence-electron chi connectivity index (χ4n) is 6.58. The Bertz CT molecular complexity index is 895. The third-order valence-corrected chi connectivity index (χ3v) is 7.39. The van der Waals surface area contributed by atoms with Gasteiger partial charge < -0.3 is 20.5 Å². The highest BCUT2D eigenvalue weighted by Gasteiger charge is 2.57. The monoisotopic (exact) mass is 426 g/mol. The number of carbonyl (C=O) groups is 3. The number of nitrogens with one attached hydrogen (secondary N) is 2. The van der Waals surface area contributed by atoms with E-state index in [1.807, 2.05) is 0 Å². The van der Waals surface area contributed by atoms with Crippen LogP contribution in [0.4, 0.5) is 5.69 Å². The molecule has 0 spiro atoms. The first kappa shape index (κ1) is 20.5. The van der Waals surface area contributed by atoms with E-state index in [2.05, 4.69) is 10.6 Å². The minimum atomic E-state index is -0.619. The fourth-order valence-corrected chi connectivity index (χ4v) is 6.58. The van der Waals surface area contributed by atoms with Crippen LogP contribution in [0.5, 0.6) is 0 Å². The first-order valence-corrected chi connectivity index (χ1v) is 11.4. The second-order valence-electron chi connectivity index (χ2n) is 10.4. The quantitative estimate of drug-likeness (QED) is 0.582. The van der Waals surface area contributed by atoms with Crippen molar-refractivity contribution >= 4 is 23.5 Å². The third kappa shape index (κ3) is 4.47. The first-order valence-electron chi connectivity index (χ1n) is 11.4.